The number of nitrogens with zero attached hydrogens (tertiary/aromatic N) is 2. The molecule has 25 heavy (non-hydrogen) atoms. The third-order valence-electron chi connectivity index (χ3n) is 5.59. The molecule has 1 saturated carbocycles. The topological polar surface area (TPSA) is 57.7 Å². The lowest BCUT2D eigenvalue weighted by atomic mass is 9.98. The number of amides is 3. The Morgan fingerprint density at radius 2 is 1.64 bits per heavy atom. The number of hydrogen-bond donors (Lipinski definition) is 0. The molecular weight excluding hydrogens is 316 g/mol. The summed E-state index contributed by atoms with van der Waals surface area (Å²) in [6, 6.07) is 12.5. The van der Waals surface area contributed by atoms with Gasteiger partial charge in [0.25, 0.3) is 11.8 Å². The van der Waals surface area contributed by atoms with Gasteiger partial charge in [0.05, 0.1) is 16.8 Å². The lowest BCUT2D eigenvalue weighted by molar-refractivity contribution is -0.116. The normalized spacial score (nSPS) is 19.4. The Labute approximate surface area is 144 Å². The minimum Gasteiger partial charge on any atom is -0.311 e. The molecule has 2 aromatic carbocycles. The average molecular weight is 332 g/mol. The molecule has 3 aliphatic rings. The van der Waals surface area contributed by atoms with Crippen molar-refractivity contribution >= 4 is 29.1 Å². The van der Waals surface area contributed by atoms with Crippen LogP contribution in [-0.4, -0.2) is 24.3 Å². The number of benzene rings is 2. The van der Waals surface area contributed by atoms with E-state index in [-0.39, 0.29) is 23.1 Å². The lowest BCUT2D eigenvalue weighted by Crippen LogP contribution is -2.30. The Morgan fingerprint density at radius 3 is 2.20 bits per heavy atom. The van der Waals surface area contributed by atoms with Gasteiger partial charge in [-0.05, 0) is 42.7 Å². The molecule has 0 atom stereocenters. The molecule has 3 amide bonds. The fraction of sp³-hybridized carbons (Fsp3) is 0.250. The highest BCUT2D eigenvalue weighted by atomic mass is 16.2. The van der Waals surface area contributed by atoms with Crippen LogP contribution in [0.4, 0.5) is 11.4 Å². The van der Waals surface area contributed by atoms with E-state index in [1.54, 1.807) is 36.1 Å². The summed E-state index contributed by atoms with van der Waals surface area (Å²) in [5.41, 5.74) is 3.45. The first-order chi connectivity index (χ1) is 12.0. The third kappa shape index (κ3) is 1.81. The first-order valence-electron chi connectivity index (χ1n) is 8.42. The zero-order chi connectivity index (χ0) is 17.3. The molecule has 1 aliphatic carbocycles. The van der Waals surface area contributed by atoms with Crippen LogP contribution in [-0.2, 0) is 10.2 Å². The molecule has 1 spiro atoms. The van der Waals surface area contributed by atoms with Crippen LogP contribution in [0.2, 0.25) is 0 Å². The molecule has 5 rings (SSSR count). The minimum atomic E-state index is -0.311. The summed E-state index contributed by atoms with van der Waals surface area (Å²) in [5, 5.41) is 0. The van der Waals surface area contributed by atoms with Gasteiger partial charge in [0.15, 0.2) is 0 Å². The van der Waals surface area contributed by atoms with E-state index >= 15 is 0 Å². The van der Waals surface area contributed by atoms with E-state index in [0.29, 0.717) is 23.4 Å². The predicted molar refractivity (Wildman–Crippen MR) is 93.0 cm³/mol. The first kappa shape index (κ1) is 14.4. The van der Waals surface area contributed by atoms with Crippen LogP contribution in [0.5, 0.6) is 0 Å². The third-order valence-corrected chi connectivity index (χ3v) is 5.59. The van der Waals surface area contributed by atoms with Crippen molar-refractivity contribution in [2.24, 2.45) is 0 Å². The van der Waals surface area contributed by atoms with Crippen LogP contribution >= 0.6 is 0 Å². The molecule has 1 fully saturated rings. The molecule has 0 unspecified atom stereocenters. The van der Waals surface area contributed by atoms with Crippen molar-refractivity contribution in [2.75, 3.05) is 16.3 Å². The monoisotopic (exact) mass is 332 g/mol. The molecule has 0 aromatic heterocycles. The maximum absolute atomic E-state index is 12.7. The van der Waals surface area contributed by atoms with Crippen LogP contribution < -0.4 is 9.80 Å². The molecule has 2 heterocycles. The maximum atomic E-state index is 12.7. The van der Waals surface area contributed by atoms with Gasteiger partial charge in [-0.15, -0.1) is 0 Å². The molecule has 2 aromatic rings. The maximum Gasteiger partial charge on any atom is 0.266 e. The summed E-state index contributed by atoms with van der Waals surface area (Å²) < 4.78 is 0. The standard InChI is InChI=1S/C20H16N2O3/c1-12(23)21-11-20(8-9-20)16-7-6-13(10-17(16)21)22-18(24)14-4-2-3-5-15(14)19(22)25/h2-7,10H,8-9,11H2,1H3. The van der Waals surface area contributed by atoms with Crippen molar-refractivity contribution in [1.82, 2.24) is 0 Å². The Kier molecular flexibility index (Phi) is 2.63. The number of carbonyl (C=O) groups is 3. The lowest BCUT2D eigenvalue weighted by Gasteiger charge is -2.18. The van der Waals surface area contributed by atoms with Crippen molar-refractivity contribution in [3.05, 3.63) is 59.2 Å². The van der Waals surface area contributed by atoms with E-state index in [1.165, 1.54) is 4.90 Å². The molecule has 0 bridgehead atoms. The summed E-state index contributed by atoms with van der Waals surface area (Å²) in [5.74, 6) is -0.632. The van der Waals surface area contributed by atoms with Crippen LogP contribution in [0, 0.1) is 0 Å². The highest BCUT2D eigenvalue weighted by Crippen LogP contribution is 2.57. The van der Waals surface area contributed by atoms with E-state index in [4.69, 9.17) is 0 Å². The van der Waals surface area contributed by atoms with Crippen LogP contribution in [0.15, 0.2) is 42.5 Å². The SMILES string of the molecule is CC(=O)N1CC2(CC2)c2ccc(N3C(=O)c4ccccc4C3=O)cc21. The highest BCUT2D eigenvalue weighted by Gasteiger charge is 2.52. The van der Waals surface area contributed by atoms with Crippen molar-refractivity contribution in [3.8, 4) is 0 Å². The van der Waals surface area contributed by atoms with Crippen LogP contribution in [0.1, 0.15) is 46.0 Å². The summed E-state index contributed by atoms with van der Waals surface area (Å²) >= 11 is 0. The van der Waals surface area contributed by atoms with Gasteiger partial charge >= 0.3 is 0 Å². The van der Waals surface area contributed by atoms with Gasteiger partial charge in [-0.25, -0.2) is 4.90 Å². The van der Waals surface area contributed by atoms with Crippen molar-refractivity contribution in [3.63, 3.8) is 0 Å². The summed E-state index contributed by atoms with van der Waals surface area (Å²) in [6.07, 6.45) is 2.16. The van der Waals surface area contributed by atoms with Crippen LogP contribution in [0.3, 0.4) is 0 Å². The quantitative estimate of drug-likeness (QED) is 0.755. The van der Waals surface area contributed by atoms with Crippen LogP contribution in [0.25, 0.3) is 0 Å². The number of fused-ring (bicyclic) bond motifs is 3. The summed E-state index contributed by atoms with van der Waals surface area (Å²) in [6.45, 7) is 2.25. The van der Waals surface area contributed by atoms with Gasteiger partial charge in [-0.2, -0.15) is 0 Å². The Hall–Kier alpha value is -2.95. The second-order valence-corrected chi connectivity index (χ2v) is 7.08. The second kappa shape index (κ2) is 4.57. The second-order valence-electron chi connectivity index (χ2n) is 7.08. The number of carbonyl (C=O) groups excluding carboxylic acids is 3. The Morgan fingerprint density at radius 1 is 1.00 bits per heavy atom. The fourth-order valence-electron chi connectivity index (χ4n) is 4.09. The minimum absolute atomic E-state index is 0.00969. The van der Waals surface area contributed by atoms with Gasteiger partial charge in [0.1, 0.15) is 0 Å². The largest absolute Gasteiger partial charge is 0.311 e. The van der Waals surface area contributed by atoms with Gasteiger partial charge in [0.2, 0.25) is 5.91 Å². The molecule has 0 saturated heterocycles. The van der Waals surface area contributed by atoms with Crippen molar-refractivity contribution in [1.29, 1.82) is 0 Å². The van der Waals surface area contributed by atoms with E-state index < -0.39 is 0 Å². The number of hydrogen-bond acceptors (Lipinski definition) is 3. The summed E-state index contributed by atoms with van der Waals surface area (Å²) in [7, 11) is 0. The molecule has 2 aliphatic heterocycles. The van der Waals surface area contributed by atoms with Gasteiger partial charge in [0, 0.05) is 24.6 Å². The van der Waals surface area contributed by atoms with E-state index in [2.05, 4.69) is 0 Å². The molecule has 0 radical (unpaired) electrons. The van der Waals surface area contributed by atoms with Gasteiger partial charge in [-0.1, -0.05) is 18.2 Å². The number of anilines is 2. The average Bonchev–Trinajstić information content (AvgIpc) is 3.25. The predicted octanol–water partition coefficient (Wildman–Crippen LogP) is 2.89. The van der Waals surface area contributed by atoms with Gasteiger partial charge in [-0.3, -0.25) is 14.4 Å². The molecule has 5 nitrogen and oxygen atoms in total. The molecular formula is C20H16N2O3. The Bertz CT molecular complexity index is 940. The highest BCUT2D eigenvalue weighted by molar-refractivity contribution is 6.34. The number of imide groups is 1. The van der Waals surface area contributed by atoms with E-state index in [0.717, 1.165) is 24.1 Å². The van der Waals surface area contributed by atoms with E-state index in [9.17, 15) is 14.4 Å². The van der Waals surface area contributed by atoms with Crippen molar-refractivity contribution in [2.45, 2.75) is 25.2 Å². The zero-order valence-electron chi connectivity index (χ0n) is 13.8. The smallest absolute Gasteiger partial charge is 0.266 e. The fourth-order valence-corrected chi connectivity index (χ4v) is 4.09. The van der Waals surface area contributed by atoms with Gasteiger partial charge < -0.3 is 4.90 Å². The summed E-state index contributed by atoms with van der Waals surface area (Å²) in [4.78, 5) is 40.4. The molecule has 5 heteroatoms. The molecule has 0 N–H and O–H groups in total. The number of rotatable bonds is 1. The van der Waals surface area contributed by atoms with E-state index in [1.807, 2.05) is 18.2 Å². The molecule has 124 valence electrons. The zero-order valence-corrected chi connectivity index (χ0v) is 13.8. The first-order valence-corrected chi connectivity index (χ1v) is 8.42. The Balaban J connectivity index is 1.61. The van der Waals surface area contributed by atoms with Crippen molar-refractivity contribution < 1.29 is 14.4 Å².